The van der Waals surface area contributed by atoms with E-state index in [4.69, 9.17) is 0 Å². The van der Waals surface area contributed by atoms with Gasteiger partial charge in [-0.2, -0.15) is 0 Å². The standard InChI is InChI=1S/C17H27N3O/c1-4-20(16-9-10-18-11-16)13-17(21)19(3)12-15-8-6-5-7-14(15)2/h5-8,16,18H,4,9-13H2,1-3H3. The van der Waals surface area contributed by atoms with Gasteiger partial charge in [-0.25, -0.2) is 0 Å². The van der Waals surface area contributed by atoms with Crippen LogP contribution in [0.4, 0.5) is 0 Å². The third-order valence-electron chi connectivity index (χ3n) is 4.39. The molecule has 1 saturated heterocycles. The number of rotatable bonds is 6. The molecule has 4 nitrogen and oxygen atoms in total. The first kappa shape index (κ1) is 16.0. The fourth-order valence-corrected chi connectivity index (χ4v) is 2.88. The van der Waals surface area contributed by atoms with E-state index in [2.05, 4.69) is 36.2 Å². The number of nitrogens with one attached hydrogen (secondary N) is 1. The lowest BCUT2D eigenvalue weighted by atomic mass is 10.1. The molecule has 0 aromatic heterocycles. The summed E-state index contributed by atoms with van der Waals surface area (Å²) in [6.45, 7) is 8.42. The number of amides is 1. The maximum atomic E-state index is 12.4. The first-order chi connectivity index (χ1) is 10.1. The number of nitrogens with zero attached hydrogens (tertiary/aromatic N) is 2. The Bertz CT molecular complexity index is 469. The molecule has 116 valence electrons. The smallest absolute Gasteiger partial charge is 0.236 e. The van der Waals surface area contributed by atoms with Gasteiger partial charge in [-0.15, -0.1) is 0 Å². The Morgan fingerprint density at radius 3 is 2.76 bits per heavy atom. The number of carbonyl (C=O) groups excluding carboxylic acids is 1. The lowest BCUT2D eigenvalue weighted by molar-refractivity contribution is -0.132. The van der Waals surface area contributed by atoms with E-state index in [-0.39, 0.29) is 5.91 Å². The second-order valence-corrected chi connectivity index (χ2v) is 5.89. The molecular formula is C17H27N3O. The van der Waals surface area contributed by atoms with Gasteiger partial charge in [0.25, 0.3) is 0 Å². The van der Waals surface area contributed by atoms with Crippen molar-refractivity contribution >= 4 is 5.91 Å². The molecule has 1 heterocycles. The molecule has 1 atom stereocenters. The van der Waals surface area contributed by atoms with E-state index in [0.29, 0.717) is 19.1 Å². The quantitative estimate of drug-likeness (QED) is 0.865. The van der Waals surface area contributed by atoms with Crippen molar-refractivity contribution in [2.45, 2.75) is 32.9 Å². The Kier molecular flexibility index (Phi) is 5.76. The summed E-state index contributed by atoms with van der Waals surface area (Å²) in [5, 5.41) is 3.37. The predicted octanol–water partition coefficient (Wildman–Crippen LogP) is 1.64. The first-order valence-corrected chi connectivity index (χ1v) is 7.85. The maximum Gasteiger partial charge on any atom is 0.236 e. The van der Waals surface area contributed by atoms with Crippen LogP contribution in [-0.2, 0) is 11.3 Å². The summed E-state index contributed by atoms with van der Waals surface area (Å²) in [4.78, 5) is 16.6. The molecule has 0 aliphatic carbocycles. The average molecular weight is 289 g/mol. The Balaban J connectivity index is 1.91. The molecule has 0 saturated carbocycles. The van der Waals surface area contributed by atoms with Gasteiger partial charge in [-0.3, -0.25) is 9.69 Å². The molecule has 1 unspecified atom stereocenters. The summed E-state index contributed by atoms with van der Waals surface area (Å²) >= 11 is 0. The summed E-state index contributed by atoms with van der Waals surface area (Å²) in [5.74, 6) is 0.201. The van der Waals surface area contributed by atoms with Crippen LogP contribution in [0.15, 0.2) is 24.3 Å². The van der Waals surface area contributed by atoms with Gasteiger partial charge >= 0.3 is 0 Å². The van der Waals surface area contributed by atoms with Crippen molar-refractivity contribution < 1.29 is 4.79 Å². The molecule has 21 heavy (non-hydrogen) atoms. The molecule has 1 aliphatic heterocycles. The highest BCUT2D eigenvalue weighted by Gasteiger charge is 2.24. The van der Waals surface area contributed by atoms with Gasteiger partial charge in [0.2, 0.25) is 5.91 Å². The van der Waals surface area contributed by atoms with E-state index in [0.717, 1.165) is 26.1 Å². The number of hydrogen-bond acceptors (Lipinski definition) is 3. The second kappa shape index (κ2) is 7.57. The maximum absolute atomic E-state index is 12.4. The molecular weight excluding hydrogens is 262 g/mol. The van der Waals surface area contributed by atoms with Crippen molar-refractivity contribution in [3.05, 3.63) is 35.4 Å². The van der Waals surface area contributed by atoms with E-state index < -0.39 is 0 Å². The molecule has 4 heteroatoms. The van der Waals surface area contributed by atoms with E-state index in [1.165, 1.54) is 11.1 Å². The highest BCUT2D eigenvalue weighted by Crippen LogP contribution is 2.11. The summed E-state index contributed by atoms with van der Waals surface area (Å²) < 4.78 is 0. The van der Waals surface area contributed by atoms with E-state index >= 15 is 0 Å². The van der Waals surface area contributed by atoms with E-state index in [1.54, 1.807) is 0 Å². The zero-order chi connectivity index (χ0) is 15.2. The van der Waals surface area contributed by atoms with Crippen molar-refractivity contribution in [2.24, 2.45) is 0 Å². The van der Waals surface area contributed by atoms with Crippen LogP contribution in [-0.4, -0.2) is 55.0 Å². The third kappa shape index (κ3) is 4.29. The van der Waals surface area contributed by atoms with Gasteiger partial charge in [0.1, 0.15) is 0 Å². The first-order valence-electron chi connectivity index (χ1n) is 7.85. The fourth-order valence-electron chi connectivity index (χ4n) is 2.88. The van der Waals surface area contributed by atoms with Crippen LogP contribution < -0.4 is 5.32 Å². The normalized spacial score (nSPS) is 18.2. The number of aryl methyl sites for hydroxylation is 1. The monoisotopic (exact) mass is 289 g/mol. The van der Waals surface area contributed by atoms with E-state index in [1.807, 2.05) is 24.1 Å². The van der Waals surface area contributed by atoms with Gasteiger partial charge in [-0.1, -0.05) is 31.2 Å². The largest absolute Gasteiger partial charge is 0.340 e. The van der Waals surface area contributed by atoms with Crippen LogP contribution in [0.2, 0.25) is 0 Å². The van der Waals surface area contributed by atoms with Crippen LogP contribution in [0, 0.1) is 6.92 Å². The average Bonchev–Trinajstić information content (AvgIpc) is 3.00. The Labute approximate surface area is 128 Å². The van der Waals surface area contributed by atoms with Crippen molar-refractivity contribution in [1.29, 1.82) is 0 Å². The van der Waals surface area contributed by atoms with Crippen LogP contribution >= 0.6 is 0 Å². The highest BCUT2D eigenvalue weighted by molar-refractivity contribution is 5.78. The molecule has 0 spiro atoms. The van der Waals surface area contributed by atoms with E-state index in [9.17, 15) is 4.79 Å². The Morgan fingerprint density at radius 1 is 1.38 bits per heavy atom. The molecule has 0 bridgehead atoms. The summed E-state index contributed by atoms with van der Waals surface area (Å²) in [7, 11) is 1.90. The minimum atomic E-state index is 0.201. The van der Waals surface area contributed by atoms with Gasteiger partial charge in [0.05, 0.1) is 6.54 Å². The van der Waals surface area contributed by atoms with Crippen LogP contribution in [0.5, 0.6) is 0 Å². The molecule has 1 N–H and O–H groups in total. The molecule has 1 fully saturated rings. The SMILES string of the molecule is CCN(CC(=O)N(C)Cc1ccccc1C)C1CCNC1. The third-order valence-corrected chi connectivity index (χ3v) is 4.39. The summed E-state index contributed by atoms with van der Waals surface area (Å²) in [6, 6.07) is 8.76. The van der Waals surface area contributed by atoms with Gasteiger partial charge in [0, 0.05) is 26.2 Å². The van der Waals surface area contributed by atoms with Crippen LogP contribution in [0.25, 0.3) is 0 Å². The minimum absolute atomic E-state index is 0.201. The summed E-state index contributed by atoms with van der Waals surface area (Å²) in [5.41, 5.74) is 2.46. The lowest BCUT2D eigenvalue weighted by Crippen LogP contribution is -2.44. The van der Waals surface area contributed by atoms with Crippen molar-refractivity contribution in [2.75, 3.05) is 33.2 Å². The number of hydrogen-bond donors (Lipinski definition) is 1. The molecule has 1 aromatic rings. The molecule has 1 aromatic carbocycles. The Hall–Kier alpha value is -1.39. The van der Waals surface area contributed by atoms with Crippen molar-refractivity contribution in [3.8, 4) is 0 Å². The van der Waals surface area contributed by atoms with Crippen LogP contribution in [0.3, 0.4) is 0 Å². The highest BCUT2D eigenvalue weighted by atomic mass is 16.2. The molecule has 1 amide bonds. The van der Waals surface area contributed by atoms with Gasteiger partial charge in [-0.05, 0) is 37.6 Å². The number of likely N-dealkylation sites (N-methyl/N-ethyl adjacent to an activating group) is 2. The fraction of sp³-hybridized carbons (Fsp3) is 0.588. The van der Waals surface area contributed by atoms with Crippen molar-refractivity contribution in [3.63, 3.8) is 0 Å². The topological polar surface area (TPSA) is 35.6 Å². The van der Waals surface area contributed by atoms with Crippen molar-refractivity contribution in [1.82, 2.24) is 15.1 Å². The summed E-state index contributed by atoms with van der Waals surface area (Å²) in [6.07, 6.45) is 1.14. The zero-order valence-corrected chi connectivity index (χ0v) is 13.4. The predicted molar refractivity (Wildman–Crippen MR) is 86.2 cm³/mol. The van der Waals surface area contributed by atoms with Crippen LogP contribution in [0.1, 0.15) is 24.5 Å². The Morgan fingerprint density at radius 2 is 2.14 bits per heavy atom. The second-order valence-electron chi connectivity index (χ2n) is 5.89. The zero-order valence-electron chi connectivity index (χ0n) is 13.4. The number of carbonyl (C=O) groups is 1. The molecule has 1 aliphatic rings. The minimum Gasteiger partial charge on any atom is -0.340 e. The van der Waals surface area contributed by atoms with Gasteiger partial charge in [0.15, 0.2) is 0 Å². The molecule has 0 radical (unpaired) electrons. The van der Waals surface area contributed by atoms with Gasteiger partial charge < -0.3 is 10.2 Å². The number of benzene rings is 1. The lowest BCUT2D eigenvalue weighted by Gasteiger charge is -2.28. The molecule has 2 rings (SSSR count).